The van der Waals surface area contributed by atoms with Gasteiger partial charge in [-0.2, -0.15) is 9.78 Å². The number of esters is 1. The first-order valence-corrected chi connectivity index (χ1v) is 11.0. The van der Waals surface area contributed by atoms with Crippen molar-refractivity contribution in [3.63, 3.8) is 0 Å². The van der Waals surface area contributed by atoms with Crippen LogP contribution in [0.4, 0.5) is 5.00 Å². The third kappa shape index (κ3) is 3.98. The number of aryl methyl sites for hydroxylation is 2. The number of carbonyl (C=O) groups is 2. The van der Waals surface area contributed by atoms with E-state index in [2.05, 4.69) is 10.4 Å². The number of amides is 1. The molecule has 1 aliphatic rings. The van der Waals surface area contributed by atoms with Gasteiger partial charge in [0.2, 0.25) is 0 Å². The van der Waals surface area contributed by atoms with E-state index in [1.54, 1.807) is 18.4 Å². The van der Waals surface area contributed by atoms with Crippen molar-refractivity contribution in [2.45, 2.75) is 39.7 Å². The van der Waals surface area contributed by atoms with Crippen LogP contribution in [0.1, 0.15) is 41.4 Å². The molecule has 1 unspecified atom stereocenters. The molecule has 4 rings (SSSR count). The smallest absolute Gasteiger partial charge is 0.359 e. The topological polar surface area (TPSA) is 99.5 Å². The quantitative estimate of drug-likeness (QED) is 0.610. The molecule has 3 aromatic rings. The zero-order valence-electron chi connectivity index (χ0n) is 17.6. The summed E-state index contributed by atoms with van der Waals surface area (Å²) in [5.41, 5.74) is 2.20. The van der Waals surface area contributed by atoms with Crippen molar-refractivity contribution in [2.75, 3.05) is 18.5 Å². The normalized spacial score (nSPS) is 15.9. The minimum Gasteiger partial charge on any atom is -0.461 e. The lowest BCUT2D eigenvalue weighted by Gasteiger charge is -2.12. The van der Waals surface area contributed by atoms with E-state index in [1.807, 2.05) is 26.0 Å². The zero-order valence-corrected chi connectivity index (χ0v) is 18.4. The van der Waals surface area contributed by atoms with Crippen LogP contribution >= 0.6 is 11.3 Å². The summed E-state index contributed by atoms with van der Waals surface area (Å²) >= 11 is 1.17. The molecule has 1 aliphatic heterocycles. The van der Waals surface area contributed by atoms with Crippen molar-refractivity contribution >= 4 is 39.0 Å². The van der Waals surface area contributed by atoms with Gasteiger partial charge in [-0.05, 0) is 56.9 Å². The van der Waals surface area contributed by atoms with E-state index >= 15 is 0 Å². The number of nitrogens with zero attached hydrogens (tertiary/aromatic N) is 2. The van der Waals surface area contributed by atoms with Gasteiger partial charge in [-0.1, -0.05) is 6.07 Å². The van der Waals surface area contributed by atoms with Crippen LogP contribution in [0.5, 0.6) is 0 Å². The molecule has 0 radical (unpaired) electrons. The number of anilines is 1. The Morgan fingerprint density at radius 1 is 1.32 bits per heavy atom. The average Bonchev–Trinajstić information content (AvgIpc) is 3.41. The van der Waals surface area contributed by atoms with E-state index in [0.717, 1.165) is 17.5 Å². The van der Waals surface area contributed by atoms with Gasteiger partial charge in [0.15, 0.2) is 5.69 Å². The predicted octanol–water partition coefficient (Wildman–Crippen LogP) is 3.36. The molecule has 1 N–H and O–H groups in total. The number of ether oxygens (including phenoxy) is 2. The summed E-state index contributed by atoms with van der Waals surface area (Å²) in [5.74, 6) is -0.923. The largest absolute Gasteiger partial charge is 0.461 e. The van der Waals surface area contributed by atoms with E-state index in [9.17, 15) is 14.4 Å². The molecule has 8 nitrogen and oxygen atoms in total. The Labute approximate surface area is 182 Å². The van der Waals surface area contributed by atoms with Crippen LogP contribution in [0.15, 0.2) is 28.4 Å². The molecule has 1 amide bonds. The Kier molecular flexibility index (Phi) is 5.88. The summed E-state index contributed by atoms with van der Waals surface area (Å²) in [6.07, 6.45) is 0.919. The molecule has 2 aromatic heterocycles. The number of aromatic nitrogens is 2. The minimum atomic E-state index is -0.625. The van der Waals surface area contributed by atoms with E-state index < -0.39 is 17.6 Å². The van der Waals surface area contributed by atoms with Crippen LogP contribution in [0.25, 0.3) is 16.5 Å². The number of nitrogens with one attached hydrogen (secondary N) is 1. The lowest BCUT2D eigenvalue weighted by molar-refractivity contribution is -0.124. The fraction of sp³-hybridized carbons (Fsp3) is 0.364. The highest BCUT2D eigenvalue weighted by Gasteiger charge is 2.27. The molecule has 1 atom stereocenters. The van der Waals surface area contributed by atoms with Crippen molar-refractivity contribution < 1.29 is 19.1 Å². The van der Waals surface area contributed by atoms with Crippen LogP contribution in [0, 0.1) is 13.8 Å². The Hall–Kier alpha value is -3.04. The number of hydrogen-bond donors (Lipinski definition) is 1. The Morgan fingerprint density at radius 3 is 2.81 bits per heavy atom. The van der Waals surface area contributed by atoms with E-state index in [0.29, 0.717) is 29.1 Å². The van der Waals surface area contributed by atoms with Crippen molar-refractivity contribution in [2.24, 2.45) is 0 Å². The monoisotopic (exact) mass is 441 g/mol. The second kappa shape index (κ2) is 8.60. The second-order valence-corrected chi connectivity index (χ2v) is 8.28. The molecule has 1 saturated heterocycles. The van der Waals surface area contributed by atoms with Crippen LogP contribution in [-0.4, -0.2) is 41.0 Å². The maximum Gasteiger partial charge on any atom is 0.359 e. The van der Waals surface area contributed by atoms with Gasteiger partial charge in [0, 0.05) is 17.4 Å². The molecule has 162 valence electrons. The van der Waals surface area contributed by atoms with Crippen molar-refractivity contribution in [3.05, 3.63) is 50.8 Å². The summed E-state index contributed by atoms with van der Waals surface area (Å²) in [6, 6.07) is 5.50. The van der Waals surface area contributed by atoms with Crippen LogP contribution < -0.4 is 10.9 Å². The maximum atomic E-state index is 13.4. The molecule has 0 saturated carbocycles. The highest BCUT2D eigenvalue weighted by Crippen LogP contribution is 2.31. The fourth-order valence-corrected chi connectivity index (χ4v) is 4.44. The lowest BCUT2D eigenvalue weighted by Crippen LogP contribution is -2.28. The average molecular weight is 442 g/mol. The first-order chi connectivity index (χ1) is 14.9. The first-order valence-electron chi connectivity index (χ1n) is 10.1. The van der Waals surface area contributed by atoms with Gasteiger partial charge >= 0.3 is 5.97 Å². The van der Waals surface area contributed by atoms with Crippen LogP contribution in [-0.2, 0) is 14.3 Å². The van der Waals surface area contributed by atoms with Crippen molar-refractivity contribution in [1.29, 1.82) is 0 Å². The molecular weight excluding hydrogens is 418 g/mol. The molecule has 3 heterocycles. The third-order valence-electron chi connectivity index (χ3n) is 5.32. The molecule has 31 heavy (non-hydrogen) atoms. The number of benzene rings is 1. The van der Waals surface area contributed by atoms with Gasteiger partial charge in [-0.3, -0.25) is 9.59 Å². The summed E-state index contributed by atoms with van der Waals surface area (Å²) in [5, 5.41) is 9.73. The lowest BCUT2D eigenvalue weighted by atomic mass is 10.1. The number of fused-ring (bicyclic) bond motifs is 1. The number of carbonyl (C=O) groups excluding carboxylic acids is 2. The summed E-state index contributed by atoms with van der Waals surface area (Å²) in [4.78, 5) is 38.6. The molecule has 9 heteroatoms. The molecule has 1 fully saturated rings. The molecular formula is C22H23N3O5S. The van der Waals surface area contributed by atoms with E-state index in [4.69, 9.17) is 9.47 Å². The van der Waals surface area contributed by atoms with E-state index in [-0.39, 0.29) is 23.6 Å². The highest BCUT2D eigenvalue weighted by atomic mass is 32.1. The maximum absolute atomic E-state index is 13.4. The minimum absolute atomic E-state index is 0.0311. The van der Waals surface area contributed by atoms with Crippen molar-refractivity contribution in [1.82, 2.24) is 9.78 Å². The molecule has 1 aromatic carbocycles. The number of rotatable bonds is 5. The fourth-order valence-electron chi connectivity index (χ4n) is 3.50. The van der Waals surface area contributed by atoms with Gasteiger partial charge in [0.25, 0.3) is 11.5 Å². The Bertz CT molecular complexity index is 1220. The Morgan fingerprint density at radius 2 is 2.13 bits per heavy atom. The third-order valence-corrected chi connectivity index (χ3v) is 6.21. The summed E-state index contributed by atoms with van der Waals surface area (Å²) in [7, 11) is 0. The molecule has 0 spiro atoms. The molecule has 0 aliphatic carbocycles. The number of hydrogen-bond acceptors (Lipinski definition) is 7. The van der Waals surface area contributed by atoms with Gasteiger partial charge in [-0.25, -0.2) is 4.79 Å². The van der Waals surface area contributed by atoms with Crippen LogP contribution in [0.3, 0.4) is 0 Å². The number of thiophene rings is 1. The Balaban J connectivity index is 1.88. The van der Waals surface area contributed by atoms with Crippen molar-refractivity contribution in [3.8, 4) is 5.69 Å². The highest BCUT2D eigenvalue weighted by molar-refractivity contribution is 7.16. The van der Waals surface area contributed by atoms with Crippen LogP contribution in [0.2, 0.25) is 0 Å². The first kappa shape index (κ1) is 21.2. The van der Waals surface area contributed by atoms with Gasteiger partial charge in [-0.15, -0.1) is 11.3 Å². The van der Waals surface area contributed by atoms with Gasteiger partial charge in [0.1, 0.15) is 11.1 Å². The summed E-state index contributed by atoms with van der Waals surface area (Å²) in [6.45, 7) is 6.33. The second-order valence-electron chi connectivity index (χ2n) is 7.40. The summed E-state index contributed by atoms with van der Waals surface area (Å²) < 4.78 is 11.8. The van der Waals surface area contributed by atoms with Gasteiger partial charge in [0.05, 0.1) is 17.7 Å². The van der Waals surface area contributed by atoms with Gasteiger partial charge < -0.3 is 14.8 Å². The van der Waals surface area contributed by atoms with E-state index in [1.165, 1.54) is 16.0 Å². The predicted molar refractivity (Wildman–Crippen MR) is 118 cm³/mol. The zero-order chi connectivity index (χ0) is 22.1. The molecule has 0 bridgehead atoms. The SMILES string of the molecule is CCOC(=O)c1nn(-c2ccc(C)c(C)c2)c(=O)c2c(NC(=O)C3CCCO3)scc12. The standard InChI is InChI=1S/C22H23N3O5S/c1-4-29-22(28)18-15-11-31-20(23-19(26)16-6-5-9-30-16)17(15)21(27)25(24-18)14-8-7-12(2)13(3)10-14/h7-8,10-11,16H,4-6,9H2,1-3H3,(H,23,26).